The van der Waals surface area contributed by atoms with Gasteiger partial charge in [0.15, 0.2) is 0 Å². The summed E-state index contributed by atoms with van der Waals surface area (Å²) in [7, 11) is 0. The van der Waals surface area contributed by atoms with Crippen LogP contribution in [0.4, 0.5) is 0 Å². The summed E-state index contributed by atoms with van der Waals surface area (Å²) < 4.78 is 5.07. The number of esters is 1. The van der Waals surface area contributed by atoms with E-state index in [0.29, 0.717) is 12.2 Å². The van der Waals surface area contributed by atoms with Gasteiger partial charge in [-0.25, -0.2) is 4.79 Å². The Hall–Kier alpha value is -2.03. The summed E-state index contributed by atoms with van der Waals surface area (Å²) in [6, 6.07) is 8.96. The zero-order valence-electron chi connectivity index (χ0n) is 12.1. The molecular weight excluding hydrogens is 238 g/mol. The van der Waals surface area contributed by atoms with Crippen LogP contribution in [0.15, 0.2) is 55.8 Å². The highest BCUT2D eigenvalue weighted by Gasteiger charge is 2.06. The number of carbonyl (C=O) groups is 1. The summed E-state index contributed by atoms with van der Waals surface area (Å²) in [6.07, 6.45) is 3.01. The first-order chi connectivity index (χ1) is 9.15. The average Bonchev–Trinajstić information content (AvgIpc) is 2.48. The molecule has 0 heterocycles. The van der Waals surface area contributed by atoms with Gasteiger partial charge in [0.1, 0.15) is 0 Å². The summed E-state index contributed by atoms with van der Waals surface area (Å²) in [5.74, 6) is -0.0815. The predicted molar refractivity (Wildman–Crippen MR) is 81.8 cm³/mol. The van der Waals surface area contributed by atoms with E-state index in [1.807, 2.05) is 39.0 Å². The molecule has 0 fully saturated rings. The lowest BCUT2D eigenvalue weighted by Crippen LogP contribution is -2.10. The van der Waals surface area contributed by atoms with Crippen molar-refractivity contribution in [2.24, 2.45) is 11.7 Å². The number of nitrogens with two attached hydrogens (primary N) is 1. The fourth-order valence-electron chi connectivity index (χ4n) is 0.933. The minimum absolute atomic E-state index is 0.197. The van der Waals surface area contributed by atoms with E-state index < -0.39 is 0 Å². The Balaban J connectivity index is 0. The van der Waals surface area contributed by atoms with E-state index in [1.54, 1.807) is 18.2 Å². The van der Waals surface area contributed by atoms with Gasteiger partial charge in [0.25, 0.3) is 0 Å². The van der Waals surface area contributed by atoms with E-state index >= 15 is 0 Å². The average molecular weight is 263 g/mol. The van der Waals surface area contributed by atoms with Gasteiger partial charge in [-0.05, 0) is 18.3 Å². The van der Waals surface area contributed by atoms with Gasteiger partial charge in [-0.15, -0.1) is 6.58 Å². The molecular formula is C16H25NO2. The third-order valence-corrected chi connectivity index (χ3v) is 1.89. The summed E-state index contributed by atoms with van der Waals surface area (Å²) in [6.45, 7) is 13.1. The Morgan fingerprint density at radius 1 is 1.32 bits per heavy atom. The summed E-state index contributed by atoms with van der Waals surface area (Å²) in [5.41, 5.74) is 5.20. The molecule has 1 unspecified atom stereocenters. The van der Waals surface area contributed by atoms with Crippen LogP contribution in [0.1, 0.15) is 31.1 Å². The van der Waals surface area contributed by atoms with Crippen LogP contribution >= 0.6 is 0 Å². The molecule has 1 rings (SSSR count). The Morgan fingerprint density at radius 3 is 2.21 bits per heavy atom. The van der Waals surface area contributed by atoms with Crippen molar-refractivity contribution in [2.75, 3.05) is 6.61 Å². The highest BCUT2D eigenvalue weighted by Crippen LogP contribution is 2.03. The van der Waals surface area contributed by atoms with Crippen molar-refractivity contribution >= 4 is 5.97 Å². The Morgan fingerprint density at radius 2 is 1.79 bits per heavy atom. The summed E-state index contributed by atoms with van der Waals surface area (Å²) >= 11 is 0. The molecule has 19 heavy (non-hydrogen) atoms. The summed E-state index contributed by atoms with van der Waals surface area (Å²) in [5, 5.41) is 0. The van der Waals surface area contributed by atoms with E-state index in [2.05, 4.69) is 18.9 Å². The SMILES string of the molecule is C=CC(C)COC(=O)c1ccccc1.C=CN.CC. The molecule has 0 aliphatic carbocycles. The minimum atomic E-state index is -0.278. The van der Waals surface area contributed by atoms with E-state index in [1.165, 1.54) is 6.20 Å². The Labute approximate surface area is 116 Å². The van der Waals surface area contributed by atoms with Crippen LogP contribution in [0, 0.1) is 5.92 Å². The second-order valence-corrected chi connectivity index (χ2v) is 3.41. The first kappa shape index (κ1) is 19.3. The molecule has 1 atom stereocenters. The van der Waals surface area contributed by atoms with Gasteiger partial charge in [0.05, 0.1) is 12.2 Å². The van der Waals surface area contributed by atoms with Gasteiger partial charge < -0.3 is 10.5 Å². The van der Waals surface area contributed by atoms with Crippen LogP contribution in [0.5, 0.6) is 0 Å². The predicted octanol–water partition coefficient (Wildman–Crippen LogP) is 3.78. The maximum absolute atomic E-state index is 11.4. The van der Waals surface area contributed by atoms with E-state index in [0.717, 1.165) is 0 Å². The Kier molecular flexibility index (Phi) is 14.3. The molecule has 0 saturated heterocycles. The first-order valence-electron chi connectivity index (χ1n) is 6.33. The van der Waals surface area contributed by atoms with Crippen LogP contribution in [-0.2, 0) is 4.74 Å². The topological polar surface area (TPSA) is 52.3 Å². The molecule has 2 N–H and O–H groups in total. The number of ether oxygens (including phenoxy) is 1. The zero-order valence-corrected chi connectivity index (χ0v) is 12.1. The number of hydrogen-bond acceptors (Lipinski definition) is 3. The van der Waals surface area contributed by atoms with Crippen molar-refractivity contribution in [2.45, 2.75) is 20.8 Å². The summed E-state index contributed by atoms with van der Waals surface area (Å²) in [4.78, 5) is 11.4. The Bertz CT molecular complexity index is 347. The van der Waals surface area contributed by atoms with Gasteiger partial charge in [-0.1, -0.05) is 51.6 Å². The largest absolute Gasteiger partial charge is 0.461 e. The second kappa shape index (κ2) is 14.0. The fraction of sp³-hybridized carbons (Fsp3) is 0.312. The van der Waals surface area contributed by atoms with Gasteiger partial charge in [-0.2, -0.15) is 0 Å². The standard InChI is InChI=1S/C12H14O2.C2H5N.C2H6/c1-3-10(2)9-14-12(13)11-7-5-4-6-8-11;1-2-3;1-2/h3-8,10H,1,9H2,2H3;2H,1,3H2;1-2H3. The van der Waals surface area contributed by atoms with Crippen LogP contribution in [-0.4, -0.2) is 12.6 Å². The lowest BCUT2D eigenvalue weighted by atomic mass is 10.2. The number of rotatable bonds is 4. The maximum atomic E-state index is 11.4. The van der Waals surface area contributed by atoms with E-state index in [9.17, 15) is 4.79 Å². The van der Waals surface area contributed by atoms with Crippen LogP contribution in [0.2, 0.25) is 0 Å². The molecule has 0 spiro atoms. The van der Waals surface area contributed by atoms with Crippen LogP contribution in [0.25, 0.3) is 0 Å². The monoisotopic (exact) mass is 263 g/mol. The molecule has 0 aromatic heterocycles. The van der Waals surface area contributed by atoms with Crippen LogP contribution in [0.3, 0.4) is 0 Å². The van der Waals surface area contributed by atoms with Crippen molar-refractivity contribution in [3.8, 4) is 0 Å². The van der Waals surface area contributed by atoms with E-state index in [-0.39, 0.29) is 11.9 Å². The second-order valence-electron chi connectivity index (χ2n) is 3.41. The molecule has 0 bridgehead atoms. The normalized spacial score (nSPS) is 9.63. The van der Waals surface area contributed by atoms with Crippen molar-refractivity contribution in [1.29, 1.82) is 0 Å². The third kappa shape index (κ3) is 10.8. The number of carbonyl (C=O) groups excluding carboxylic acids is 1. The molecule has 1 aromatic carbocycles. The van der Waals surface area contributed by atoms with Crippen molar-refractivity contribution < 1.29 is 9.53 Å². The van der Waals surface area contributed by atoms with Crippen molar-refractivity contribution in [1.82, 2.24) is 0 Å². The van der Waals surface area contributed by atoms with E-state index in [4.69, 9.17) is 4.74 Å². The minimum Gasteiger partial charge on any atom is -0.461 e. The lowest BCUT2D eigenvalue weighted by Gasteiger charge is -2.07. The number of benzene rings is 1. The highest BCUT2D eigenvalue weighted by molar-refractivity contribution is 5.89. The first-order valence-corrected chi connectivity index (χ1v) is 6.33. The maximum Gasteiger partial charge on any atom is 0.338 e. The van der Waals surface area contributed by atoms with Gasteiger partial charge in [-0.3, -0.25) is 0 Å². The molecule has 0 aliphatic rings. The van der Waals surface area contributed by atoms with Crippen molar-refractivity contribution in [3.63, 3.8) is 0 Å². The smallest absolute Gasteiger partial charge is 0.338 e. The van der Waals surface area contributed by atoms with Crippen molar-refractivity contribution in [3.05, 3.63) is 61.3 Å². The zero-order chi connectivity index (χ0) is 15.1. The van der Waals surface area contributed by atoms with Crippen LogP contribution < -0.4 is 5.73 Å². The van der Waals surface area contributed by atoms with Gasteiger partial charge in [0.2, 0.25) is 0 Å². The molecule has 106 valence electrons. The quantitative estimate of drug-likeness (QED) is 0.664. The highest BCUT2D eigenvalue weighted by atomic mass is 16.5. The van der Waals surface area contributed by atoms with Gasteiger partial charge in [0, 0.05) is 5.92 Å². The molecule has 0 amide bonds. The molecule has 0 radical (unpaired) electrons. The molecule has 0 aliphatic heterocycles. The van der Waals surface area contributed by atoms with Gasteiger partial charge >= 0.3 is 5.97 Å². The molecule has 3 nitrogen and oxygen atoms in total. The molecule has 3 heteroatoms. The lowest BCUT2D eigenvalue weighted by molar-refractivity contribution is 0.0472. The fourth-order valence-corrected chi connectivity index (χ4v) is 0.933. The molecule has 1 aromatic rings. The molecule has 0 saturated carbocycles. The number of hydrogen-bond donors (Lipinski definition) is 1. The third-order valence-electron chi connectivity index (χ3n) is 1.89.